The van der Waals surface area contributed by atoms with Crippen LogP contribution in [0, 0.1) is 0 Å². The van der Waals surface area contributed by atoms with E-state index in [2.05, 4.69) is 72.8 Å². The third-order valence-electron chi connectivity index (χ3n) is 4.23. The van der Waals surface area contributed by atoms with Gasteiger partial charge in [0, 0.05) is 25.6 Å². The zero-order valence-electron chi connectivity index (χ0n) is 11.3. The Labute approximate surface area is 126 Å². The fraction of sp³-hybridized carbons (Fsp3) is 0. The number of thiophene rings is 1. The first kappa shape index (κ1) is 11.3. The Kier molecular flexibility index (Phi) is 2.18. The summed E-state index contributed by atoms with van der Waals surface area (Å²) in [5.74, 6) is 0. The highest BCUT2D eigenvalue weighted by Gasteiger charge is 2.08. The average Bonchev–Trinajstić information content (AvgIpc) is 2.92. The first-order valence-electron chi connectivity index (χ1n) is 7.13. The van der Waals surface area contributed by atoms with Gasteiger partial charge in [0.1, 0.15) is 0 Å². The van der Waals surface area contributed by atoms with E-state index in [4.69, 9.17) is 0 Å². The molecule has 0 amide bonds. The van der Waals surface area contributed by atoms with Gasteiger partial charge in [0.15, 0.2) is 0 Å². The van der Waals surface area contributed by atoms with Gasteiger partial charge in [-0.2, -0.15) is 0 Å². The smallest absolute Gasteiger partial charge is 0.0434 e. The monoisotopic (exact) mass is 284 g/mol. The number of hydrogen-bond donors (Lipinski definition) is 0. The molecule has 0 unspecified atom stereocenters. The van der Waals surface area contributed by atoms with Crippen LogP contribution in [0.2, 0.25) is 0 Å². The van der Waals surface area contributed by atoms with Crippen molar-refractivity contribution < 1.29 is 0 Å². The van der Waals surface area contributed by atoms with E-state index in [1.165, 1.54) is 41.7 Å². The molecule has 4 aromatic carbocycles. The van der Waals surface area contributed by atoms with Crippen LogP contribution in [0.15, 0.2) is 72.8 Å². The van der Waals surface area contributed by atoms with Gasteiger partial charge in [-0.1, -0.05) is 54.6 Å². The zero-order chi connectivity index (χ0) is 13.8. The molecule has 1 aromatic heterocycles. The van der Waals surface area contributed by atoms with Crippen molar-refractivity contribution in [3.63, 3.8) is 0 Å². The van der Waals surface area contributed by atoms with Crippen molar-refractivity contribution in [1.82, 2.24) is 0 Å². The topological polar surface area (TPSA) is 0 Å². The lowest BCUT2D eigenvalue weighted by atomic mass is 10.0. The Bertz CT molecular complexity index is 1130. The van der Waals surface area contributed by atoms with Crippen molar-refractivity contribution in [2.24, 2.45) is 0 Å². The predicted octanol–water partition coefficient (Wildman–Crippen LogP) is 6.36. The molecule has 0 aliphatic heterocycles. The van der Waals surface area contributed by atoms with Crippen LogP contribution >= 0.6 is 11.3 Å². The summed E-state index contributed by atoms with van der Waals surface area (Å²) in [4.78, 5) is 0. The normalized spacial score (nSPS) is 11.8. The van der Waals surface area contributed by atoms with Crippen LogP contribution in [0.1, 0.15) is 0 Å². The number of hydrogen-bond acceptors (Lipinski definition) is 1. The average molecular weight is 284 g/mol. The van der Waals surface area contributed by atoms with E-state index < -0.39 is 0 Å². The highest BCUT2D eigenvalue weighted by molar-refractivity contribution is 7.26. The summed E-state index contributed by atoms with van der Waals surface area (Å²) in [6, 6.07) is 26.4. The maximum absolute atomic E-state index is 2.34. The van der Waals surface area contributed by atoms with Crippen LogP contribution < -0.4 is 0 Å². The second-order valence-corrected chi connectivity index (χ2v) is 6.51. The minimum atomic E-state index is 1.31. The maximum atomic E-state index is 2.34. The van der Waals surface area contributed by atoms with E-state index in [-0.39, 0.29) is 0 Å². The molecule has 5 rings (SSSR count). The van der Waals surface area contributed by atoms with Crippen LogP contribution in [0.3, 0.4) is 0 Å². The summed E-state index contributed by atoms with van der Waals surface area (Å²) in [7, 11) is 0. The summed E-state index contributed by atoms with van der Waals surface area (Å²) in [5, 5.41) is 8.06. The lowest BCUT2D eigenvalue weighted by molar-refractivity contribution is 1.80. The molecule has 98 valence electrons. The quantitative estimate of drug-likeness (QED) is 0.290. The van der Waals surface area contributed by atoms with Gasteiger partial charge < -0.3 is 0 Å². The van der Waals surface area contributed by atoms with Crippen LogP contribution in [0.5, 0.6) is 0 Å². The third-order valence-corrected chi connectivity index (χ3v) is 5.45. The molecule has 0 spiro atoms. The fourth-order valence-electron chi connectivity index (χ4n) is 3.20. The zero-order valence-corrected chi connectivity index (χ0v) is 12.2. The Morgan fingerprint density at radius 1 is 0.524 bits per heavy atom. The third kappa shape index (κ3) is 1.55. The molecule has 1 heterocycles. The molecular weight excluding hydrogens is 272 g/mol. The Hall–Kier alpha value is -2.38. The van der Waals surface area contributed by atoms with Crippen LogP contribution in [0.25, 0.3) is 41.7 Å². The molecule has 0 N–H and O–H groups in total. The van der Waals surface area contributed by atoms with Crippen molar-refractivity contribution in [3.8, 4) is 0 Å². The lowest BCUT2D eigenvalue weighted by Gasteiger charge is -2.03. The van der Waals surface area contributed by atoms with E-state index >= 15 is 0 Å². The van der Waals surface area contributed by atoms with Crippen LogP contribution in [-0.4, -0.2) is 0 Å². The number of rotatable bonds is 0. The van der Waals surface area contributed by atoms with E-state index in [1.54, 1.807) is 0 Å². The highest BCUT2D eigenvalue weighted by Crippen LogP contribution is 2.39. The van der Waals surface area contributed by atoms with Crippen molar-refractivity contribution >= 4 is 53.1 Å². The minimum Gasteiger partial charge on any atom is -0.135 e. The minimum absolute atomic E-state index is 1.31. The molecule has 0 saturated carbocycles. The maximum Gasteiger partial charge on any atom is 0.0434 e. The lowest BCUT2D eigenvalue weighted by Crippen LogP contribution is -1.76. The molecule has 1 heteroatoms. The van der Waals surface area contributed by atoms with E-state index in [9.17, 15) is 0 Å². The predicted molar refractivity (Wildman–Crippen MR) is 94.3 cm³/mol. The summed E-state index contributed by atoms with van der Waals surface area (Å²) < 4.78 is 2.77. The van der Waals surface area contributed by atoms with Gasteiger partial charge in [-0.15, -0.1) is 11.3 Å². The Morgan fingerprint density at radius 3 is 2.19 bits per heavy atom. The van der Waals surface area contributed by atoms with Gasteiger partial charge in [0.05, 0.1) is 0 Å². The molecule has 0 aliphatic rings. The SMILES string of the molecule is c1ccc2cc3c(ccc4c5ccccc5sc34)cc2c1. The molecule has 0 bridgehead atoms. The van der Waals surface area contributed by atoms with Gasteiger partial charge in [-0.3, -0.25) is 0 Å². The van der Waals surface area contributed by atoms with E-state index in [0.717, 1.165) is 0 Å². The molecular formula is C20H12S. The van der Waals surface area contributed by atoms with Gasteiger partial charge in [-0.05, 0) is 34.4 Å². The second-order valence-electron chi connectivity index (χ2n) is 5.46. The summed E-state index contributed by atoms with van der Waals surface area (Å²) in [6.45, 7) is 0. The fourth-order valence-corrected chi connectivity index (χ4v) is 4.43. The molecule has 0 aliphatic carbocycles. The number of fused-ring (bicyclic) bond motifs is 6. The first-order valence-corrected chi connectivity index (χ1v) is 7.94. The van der Waals surface area contributed by atoms with Gasteiger partial charge in [-0.25, -0.2) is 0 Å². The first-order chi connectivity index (χ1) is 10.4. The molecule has 21 heavy (non-hydrogen) atoms. The second kappa shape index (κ2) is 4.06. The van der Waals surface area contributed by atoms with Crippen molar-refractivity contribution in [1.29, 1.82) is 0 Å². The molecule has 0 nitrogen and oxygen atoms in total. The van der Waals surface area contributed by atoms with Gasteiger partial charge in [0.25, 0.3) is 0 Å². The standard InChI is InChI=1S/C20H12S/c1-2-6-14-12-18-15(11-13(14)5-1)9-10-17-16-7-3-4-8-19(16)21-20(17)18/h1-12H. The summed E-state index contributed by atoms with van der Waals surface area (Å²) in [5.41, 5.74) is 0. The van der Waals surface area contributed by atoms with Gasteiger partial charge in [0.2, 0.25) is 0 Å². The van der Waals surface area contributed by atoms with Crippen LogP contribution in [0.4, 0.5) is 0 Å². The Balaban J connectivity index is 2.05. The Morgan fingerprint density at radius 2 is 1.29 bits per heavy atom. The van der Waals surface area contributed by atoms with E-state index in [1.807, 2.05) is 11.3 Å². The summed E-state index contributed by atoms with van der Waals surface area (Å²) in [6.07, 6.45) is 0. The largest absolute Gasteiger partial charge is 0.135 e. The number of benzene rings is 4. The highest BCUT2D eigenvalue weighted by atomic mass is 32.1. The molecule has 5 aromatic rings. The van der Waals surface area contributed by atoms with E-state index in [0.29, 0.717) is 0 Å². The van der Waals surface area contributed by atoms with Crippen molar-refractivity contribution in [3.05, 3.63) is 72.8 Å². The van der Waals surface area contributed by atoms with Crippen molar-refractivity contribution in [2.45, 2.75) is 0 Å². The molecule has 0 fully saturated rings. The van der Waals surface area contributed by atoms with Crippen LogP contribution in [-0.2, 0) is 0 Å². The molecule has 0 saturated heterocycles. The van der Waals surface area contributed by atoms with Crippen molar-refractivity contribution in [2.75, 3.05) is 0 Å². The molecule has 0 radical (unpaired) electrons. The summed E-state index contributed by atoms with van der Waals surface area (Å²) >= 11 is 1.90. The molecule has 0 atom stereocenters. The van der Waals surface area contributed by atoms with Gasteiger partial charge >= 0.3 is 0 Å².